The number of aromatic carboxylic acids is 1. The van der Waals surface area contributed by atoms with Gasteiger partial charge in [-0.1, -0.05) is 23.9 Å². The van der Waals surface area contributed by atoms with E-state index in [1.54, 1.807) is 23.9 Å². The van der Waals surface area contributed by atoms with Gasteiger partial charge in [0.25, 0.3) is 0 Å². The molecule has 128 valence electrons. The van der Waals surface area contributed by atoms with Crippen molar-refractivity contribution in [3.63, 3.8) is 0 Å². The van der Waals surface area contributed by atoms with Crippen LogP contribution in [0.2, 0.25) is 0 Å². The van der Waals surface area contributed by atoms with Crippen molar-refractivity contribution >= 4 is 17.7 Å². The summed E-state index contributed by atoms with van der Waals surface area (Å²) in [5.74, 6) is 0.763. The number of hydrogen-bond acceptors (Lipinski definition) is 6. The lowest BCUT2D eigenvalue weighted by Crippen LogP contribution is -2.36. The summed E-state index contributed by atoms with van der Waals surface area (Å²) in [4.78, 5) is 13.2. The second kappa shape index (κ2) is 7.78. The first-order valence-electron chi connectivity index (χ1n) is 7.77. The molecule has 0 unspecified atom stereocenters. The van der Waals surface area contributed by atoms with Crippen LogP contribution in [0.5, 0.6) is 0 Å². The highest BCUT2D eigenvalue weighted by molar-refractivity contribution is 7.98. The molecule has 7 nitrogen and oxygen atoms in total. The molecule has 8 heteroatoms. The predicted molar refractivity (Wildman–Crippen MR) is 90.1 cm³/mol. The molecule has 0 radical (unpaired) electrons. The topological polar surface area (TPSA) is 80.5 Å². The second-order valence-electron chi connectivity index (χ2n) is 5.64. The van der Waals surface area contributed by atoms with Gasteiger partial charge in [-0.15, -0.1) is 10.2 Å². The van der Waals surface area contributed by atoms with Gasteiger partial charge in [-0.05, 0) is 17.7 Å². The molecule has 0 atom stereocenters. The van der Waals surface area contributed by atoms with Gasteiger partial charge in [0.05, 0.1) is 25.3 Å². The fourth-order valence-electron chi connectivity index (χ4n) is 2.46. The van der Waals surface area contributed by atoms with Crippen LogP contribution in [0.3, 0.4) is 0 Å². The van der Waals surface area contributed by atoms with Crippen LogP contribution in [0.1, 0.15) is 21.7 Å². The molecule has 2 aromatic rings. The summed E-state index contributed by atoms with van der Waals surface area (Å²) in [6.45, 7) is 4.16. The Balaban J connectivity index is 1.58. The lowest BCUT2D eigenvalue weighted by molar-refractivity contribution is 0.0326. The van der Waals surface area contributed by atoms with E-state index in [-0.39, 0.29) is 0 Å². The number of rotatable bonds is 6. The highest BCUT2D eigenvalue weighted by atomic mass is 32.2. The zero-order chi connectivity index (χ0) is 16.9. The number of carboxylic acid groups (broad SMARTS) is 1. The monoisotopic (exact) mass is 348 g/mol. The number of morpholine rings is 1. The molecule has 0 bridgehead atoms. The van der Waals surface area contributed by atoms with Crippen molar-refractivity contribution in [2.75, 3.05) is 26.3 Å². The molecule has 1 fully saturated rings. The van der Waals surface area contributed by atoms with Crippen molar-refractivity contribution in [1.29, 1.82) is 0 Å². The van der Waals surface area contributed by atoms with Crippen molar-refractivity contribution in [3.8, 4) is 0 Å². The Bertz CT molecular complexity index is 696. The number of hydrogen-bond donors (Lipinski definition) is 1. The molecule has 24 heavy (non-hydrogen) atoms. The Morgan fingerprint density at radius 3 is 2.62 bits per heavy atom. The number of carbonyl (C=O) groups is 1. The van der Waals surface area contributed by atoms with Gasteiger partial charge in [0.15, 0.2) is 5.16 Å². The molecule has 1 aliphatic rings. The van der Waals surface area contributed by atoms with Crippen molar-refractivity contribution in [1.82, 2.24) is 19.7 Å². The fourth-order valence-corrected chi connectivity index (χ4v) is 3.34. The van der Waals surface area contributed by atoms with Gasteiger partial charge in [0.2, 0.25) is 0 Å². The zero-order valence-electron chi connectivity index (χ0n) is 13.5. The molecule has 0 aliphatic carbocycles. The number of carboxylic acids is 1. The summed E-state index contributed by atoms with van der Waals surface area (Å²) in [5.41, 5.74) is 1.36. The van der Waals surface area contributed by atoms with E-state index in [9.17, 15) is 4.79 Å². The Morgan fingerprint density at radius 1 is 1.25 bits per heavy atom. The van der Waals surface area contributed by atoms with Crippen LogP contribution in [0.25, 0.3) is 0 Å². The van der Waals surface area contributed by atoms with E-state index in [2.05, 4.69) is 15.1 Å². The highest BCUT2D eigenvalue weighted by Gasteiger charge is 2.16. The van der Waals surface area contributed by atoms with Gasteiger partial charge >= 0.3 is 5.97 Å². The predicted octanol–water partition coefficient (Wildman–Crippen LogP) is 1.64. The number of ether oxygens (including phenoxy) is 1. The summed E-state index contributed by atoms with van der Waals surface area (Å²) in [7, 11) is 1.98. The maximum Gasteiger partial charge on any atom is 0.335 e. The Kier molecular flexibility index (Phi) is 5.49. The third-order valence-electron chi connectivity index (χ3n) is 3.96. The van der Waals surface area contributed by atoms with Crippen LogP contribution in [-0.2, 0) is 24.1 Å². The number of benzene rings is 1. The Morgan fingerprint density at radius 2 is 1.96 bits per heavy atom. The van der Waals surface area contributed by atoms with Crippen molar-refractivity contribution in [2.45, 2.75) is 17.5 Å². The van der Waals surface area contributed by atoms with Gasteiger partial charge in [-0.25, -0.2) is 4.79 Å². The molecule has 1 aliphatic heterocycles. The SMILES string of the molecule is Cn1c(CN2CCOCC2)nnc1SCc1ccc(C(=O)O)cc1. The normalized spacial score (nSPS) is 15.5. The molecule has 2 heterocycles. The van der Waals surface area contributed by atoms with Gasteiger partial charge in [0.1, 0.15) is 5.82 Å². The molecule has 1 N–H and O–H groups in total. The van der Waals surface area contributed by atoms with E-state index < -0.39 is 5.97 Å². The molecular weight excluding hydrogens is 328 g/mol. The fraction of sp³-hybridized carbons (Fsp3) is 0.438. The van der Waals surface area contributed by atoms with Gasteiger partial charge in [-0.3, -0.25) is 4.90 Å². The lowest BCUT2D eigenvalue weighted by Gasteiger charge is -2.25. The third kappa shape index (κ3) is 4.14. The van der Waals surface area contributed by atoms with Crippen LogP contribution < -0.4 is 0 Å². The molecule has 1 aromatic heterocycles. The van der Waals surface area contributed by atoms with Crippen molar-refractivity contribution in [3.05, 3.63) is 41.2 Å². The van der Waals surface area contributed by atoms with Gasteiger partial charge in [-0.2, -0.15) is 0 Å². The maximum atomic E-state index is 10.9. The van der Waals surface area contributed by atoms with Crippen molar-refractivity contribution in [2.24, 2.45) is 7.05 Å². The van der Waals surface area contributed by atoms with Gasteiger partial charge in [0, 0.05) is 25.9 Å². The highest BCUT2D eigenvalue weighted by Crippen LogP contribution is 2.22. The van der Waals surface area contributed by atoms with Crippen LogP contribution >= 0.6 is 11.8 Å². The molecule has 1 aromatic carbocycles. The Labute approximate surface area is 144 Å². The average molecular weight is 348 g/mol. The third-order valence-corrected chi connectivity index (χ3v) is 5.05. The smallest absolute Gasteiger partial charge is 0.335 e. The molecule has 0 amide bonds. The van der Waals surface area contributed by atoms with E-state index >= 15 is 0 Å². The summed E-state index contributed by atoms with van der Waals surface area (Å²) >= 11 is 1.60. The first kappa shape index (κ1) is 16.9. The van der Waals surface area contributed by atoms with E-state index in [0.717, 1.165) is 55.1 Å². The number of aromatic nitrogens is 3. The molecule has 3 rings (SSSR count). The standard InChI is InChI=1S/C16H20N4O3S/c1-19-14(10-20-6-8-23-9-7-20)17-18-16(19)24-11-12-2-4-13(5-3-12)15(21)22/h2-5H,6-11H2,1H3,(H,21,22). The quantitative estimate of drug-likeness (QED) is 0.795. The summed E-state index contributed by atoms with van der Waals surface area (Å²) < 4.78 is 7.38. The summed E-state index contributed by atoms with van der Waals surface area (Å²) in [6.07, 6.45) is 0. The second-order valence-corrected chi connectivity index (χ2v) is 6.58. The number of thioether (sulfide) groups is 1. The largest absolute Gasteiger partial charge is 0.478 e. The van der Waals surface area contributed by atoms with Gasteiger partial charge < -0.3 is 14.4 Å². The van der Waals surface area contributed by atoms with Crippen LogP contribution in [0.4, 0.5) is 0 Å². The first-order valence-corrected chi connectivity index (χ1v) is 8.75. The van der Waals surface area contributed by atoms with Crippen molar-refractivity contribution < 1.29 is 14.6 Å². The van der Waals surface area contributed by atoms with E-state index in [1.165, 1.54) is 0 Å². The maximum absolute atomic E-state index is 10.9. The first-order chi connectivity index (χ1) is 11.6. The van der Waals surface area contributed by atoms with Crippen LogP contribution in [-0.4, -0.2) is 57.0 Å². The Hall–Kier alpha value is -1.90. The van der Waals surface area contributed by atoms with Crippen LogP contribution in [0, 0.1) is 0 Å². The molecular formula is C16H20N4O3S. The molecule has 0 spiro atoms. The minimum atomic E-state index is -0.907. The van der Waals surface area contributed by atoms with E-state index in [4.69, 9.17) is 9.84 Å². The minimum absolute atomic E-state index is 0.301. The summed E-state index contributed by atoms with van der Waals surface area (Å²) in [6, 6.07) is 6.92. The zero-order valence-corrected chi connectivity index (χ0v) is 14.3. The molecule has 1 saturated heterocycles. The lowest BCUT2D eigenvalue weighted by atomic mass is 10.1. The minimum Gasteiger partial charge on any atom is -0.478 e. The van der Waals surface area contributed by atoms with E-state index in [0.29, 0.717) is 5.56 Å². The summed E-state index contributed by atoms with van der Waals surface area (Å²) in [5, 5.41) is 18.3. The number of nitrogens with zero attached hydrogens (tertiary/aromatic N) is 4. The molecule has 0 saturated carbocycles. The van der Waals surface area contributed by atoms with Crippen LogP contribution in [0.15, 0.2) is 29.4 Å². The van der Waals surface area contributed by atoms with E-state index in [1.807, 2.05) is 23.7 Å². The average Bonchev–Trinajstić information content (AvgIpc) is 2.94.